The quantitative estimate of drug-likeness (QED) is 0.696. The van der Waals surface area contributed by atoms with Crippen molar-refractivity contribution in [2.45, 2.75) is 12.4 Å². The SMILES string of the molecule is COc1cc2c(cc1F)nc(CCl)n2Cc1cccnn1. The lowest BCUT2D eigenvalue weighted by atomic mass is 10.2. The number of alkyl halides is 1. The van der Waals surface area contributed by atoms with Crippen molar-refractivity contribution in [3.8, 4) is 5.75 Å². The first-order chi connectivity index (χ1) is 10.2. The summed E-state index contributed by atoms with van der Waals surface area (Å²) < 4.78 is 20.7. The van der Waals surface area contributed by atoms with Gasteiger partial charge in [0.05, 0.1) is 36.3 Å². The molecule has 0 N–H and O–H groups in total. The molecule has 0 saturated carbocycles. The van der Waals surface area contributed by atoms with Crippen molar-refractivity contribution in [1.29, 1.82) is 0 Å². The van der Waals surface area contributed by atoms with Crippen LogP contribution in [0.1, 0.15) is 11.5 Å². The Morgan fingerprint density at radius 2 is 2.24 bits per heavy atom. The number of imidazole rings is 1. The molecular formula is C14H12ClFN4O. The predicted octanol–water partition coefficient (Wildman–Crippen LogP) is 2.76. The summed E-state index contributed by atoms with van der Waals surface area (Å²) >= 11 is 5.94. The summed E-state index contributed by atoms with van der Waals surface area (Å²) in [6.07, 6.45) is 1.61. The van der Waals surface area contributed by atoms with E-state index in [4.69, 9.17) is 16.3 Å². The molecule has 0 aliphatic carbocycles. The summed E-state index contributed by atoms with van der Waals surface area (Å²) in [5.41, 5.74) is 2.05. The van der Waals surface area contributed by atoms with Crippen molar-refractivity contribution in [3.05, 3.63) is 47.8 Å². The van der Waals surface area contributed by atoms with Gasteiger partial charge in [0.15, 0.2) is 11.6 Å². The van der Waals surface area contributed by atoms with Crippen LogP contribution in [0, 0.1) is 5.82 Å². The van der Waals surface area contributed by atoms with Crippen molar-refractivity contribution in [2.24, 2.45) is 0 Å². The Morgan fingerprint density at radius 1 is 1.38 bits per heavy atom. The summed E-state index contributed by atoms with van der Waals surface area (Å²) in [7, 11) is 1.43. The first-order valence-corrected chi connectivity index (χ1v) is 6.81. The number of rotatable bonds is 4. The molecule has 0 atom stereocenters. The second-order valence-corrected chi connectivity index (χ2v) is 4.71. The van der Waals surface area contributed by atoms with Gasteiger partial charge in [0.1, 0.15) is 5.82 Å². The van der Waals surface area contributed by atoms with E-state index in [1.165, 1.54) is 13.2 Å². The smallest absolute Gasteiger partial charge is 0.167 e. The van der Waals surface area contributed by atoms with Gasteiger partial charge in [-0.1, -0.05) is 0 Å². The van der Waals surface area contributed by atoms with E-state index in [-0.39, 0.29) is 11.6 Å². The molecule has 2 heterocycles. The van der Waals surface area contributed by atoms with Crippen LogP contribution in [0.3, 0.4) is 0 Å². The molecule has 0 aliphatic rings. The minimum Gasteiger partial charge on any atom is -0.494 e. The minimum absolute atomic E-state index is 0.170. The van der Waals surface area contributed by atoms with E-state index >= 15 is 0 Å². The van der Waals surface area contributed by atoms with E-state index in [1.54, 1.807) is 12.3 Å². The number of benzene rings is 1. The van der Waals surface area contributed by atoms with Crippen LogP contribution in [0.2, 0.25) is 0 Å². The number of nitrogens with zero attached hydrogens (tertiary/aromatic N) is 4. The zero-order chi connectivity index (χ0) is 14.8. The van der Waals surface area contributed by atoms with Crippen molar-refractivity contribution in [3.63, 3.8) is 0 Å². The average Bonchev–Trinajstić information content (AvgIpc) is 2.84. The first-order valence-electron chi connectivity index (χ1n) is 6.28. The molecule has 2 aromatic heterocycles. The van der Waals surface area contributed by atoms with Crippen LogP contribution in [0.4, 0.5) is 4.39 Å². The van der Waals surface area contributed by atoms with Crippen LogP contribution < -0.4 is 4.74 Å². The number of hydrogen-bond donors (Lipinski definition) is 0. The Morgan fingerprint density at radius 3 is 2.90 bits per heavy atom. The number of hydrogen-bond acceptors (Lipinski definition) is 4. The van der Waals surface area contributed by atoms with Gasteiger partial charge >= 0.3 is 0 Å². The van der Waals surface area contributed by atoms with E-state index in [0.717, 1.165) is 11.2 Å². The summed E-state index contributed by atoms with van der Waals surface area (Å²) in [4.78, 5) is 4.35. The fraction of sp³-hybridized carbons (Fsp3) is 0.214. The highest BCUT2D eigenvalue weighted by Crippen LogP contribution is 2.26. The first kappa shape index (κ1) is 13.8. The molecule has 0 fully saturated rings. The maximum Gasteiger partial charge on any atom is 0.167 e. The van der Waals surface area contributed by atoms with Crippen molar-refractivity contribution >= 4 is 22.6 Å². The van der Waals surface area contributed by atoms with E-state index in [9.17, 15) is 4.39 Å². The molecule has 1 aromatic carbocycles. The van der Waals surface area contributed by atoms with Crippen LogP contribution in [0.5, 0.6) is 5.75 Å². The molecule has 7 heteroatoms. The second-order valence-electron chi connectivity index (χ2n) is 4.44. The van der Waals surface area contributed by atoms with Crippen LogP contribution in [0.15, 0.2) is 30.5 Å². The van der Waals surface area contributed by atoms with Crippen LogP contribution >= 0.6 is 11.6 Å². The molecule has 0 amide bonds. The van der Waals surface area contributed by atoms with Gasteiger partial charge in [0, 0.05) is 18.3 Å². The number of aromatic nitrogens is 4. The highest BCUT2D eigenvalue weighted by atomic mass is 35.5. The molecule has 0 saturated heterocycles. The minimum atomic E-state index is -0.449. The number of ether oxygens (including phenoxy) is 1. The van der Waals surface area contributed by atoms with Gasteiger partial charge in [-0.3, -0.25) is 0 Å². The van der Waals surface area contributed by atoms with E-state index in [1.807, 2.05) is 16.7 Å². The molecule has 0 unspecified atom stereocenters. The highest BCUT2D eigenvalue weighted by molar-refractivity contribution is 6.16. The molecule has 5 nitrogen and oxygen atoms in total. The summed E-state index contributed by atoms with van der Waals surface area (Å²) in [5, 5.41) is 7.90. The lowest BCUT2D eigenvalue weighted by molar-refractivity contribution is 0.387. The van der Waals surface area contributed by atoms with Gasteiger partial charge in [-0.05, 0) is 12.1 Å². The van der Waals surface area contributed by atoms with Crippen molar-refractivity contribution < 1.29 is 9.13 Å². The van der Waals surface area contributed by atoms with E-state index < -0.39 is 5.82 Å². The molecule has 0 spiro atoms. The van der Waals surface area contributed by atoms with Gasteiger partial charge in [0.25, 0.3) is 0 Å². The molecule has 0 bridgehead atoms. The van der Waals surface area contributed by atoms with E-state index in [0.29, 0.717) is 17.9 Å². The lowest BCUT2D eigenvalue weighted by Gasteiger charge is -2.08. The van der Waals surface area contributed by atoms with Gasteiger partial charge in [-0.15, -0.1) is 11.6 Å². The third-order valence-electron chi connectivity index (χ3n) is 3.17. The topological polar surface area (TPSA) is 52.8 Å². The number of fused-ring (bicyclic) bond motifs is 1. The average molecular weight is 307 g/mol. The Balaban J connectivity index is 2.15. The molecule has 3 rings (SSSR count). The molecular weight excluding hydrogens is 295 g/mol. The molecule has 3 aromatic rings. The molecule has 108 valence electrons. The maximum atomic E-state index is 13.8. The maximum absolute atomic E-state index is 13.8. The Labute approximate surface area is 125 Å². The predicted molar refractivity (Wildman–Crippen MR) is 76.9 cm³/mol. The summed E-state index contributed by atoms with van der Waals surface area (Å²) in [5.74, 6) is 0.586. The Bertz CT molecular complexity index is 775. The van der Waals surface area contributed by atoms with Crippen molar-refractivity contribution in [2.75, 3.05) is 7.11 Å². The summed E-state index contributed by atoms with van der Waals surface area (Å²) in [6.45, 7) is 0.460. The fourth-order valence-electron chi connectivity index (χ4n) is 2.19. The zero-order valence-corrected chi connectivity index (χ0v) is 12.0. The lowest BCUT2D eigenvalue weighted by Crippen LogP contribution is -2.06. The molecule has 0 radical (unpaired) electrons. The third-order valence-corrected chi connectivity index (χ3v) is 3.41. The van der Waals surface area contributed by atoms with Gasteiger partial charge in [-0.2, -0.15) is 10.2 Å². The standard InChI is InChI=1S/C14H12ClFN4O/c1-21-13-6-12-11(5-10(13)16)18-14(7-15)20(12)8-9-3-2-4-17-19-9/h2-6H,7-8H2,1H3. The normalized spacial score (nSPS) is 11.0. The number of halogens is 2. The van der Waals surface area contributed by atoms with Crippen LogP contribution in [0.25, 0.3) is 11.0 Å². The second kappa shape index (κ2) is 5.65. The van der Waals surface area contributed by atoms with Crippen molar-refractivity contribution in [1.82, 2.24) is 19.7 Å². The zero-order valence-electron chi connectivity index (χ0n) is 11.3. The summed E-state index contributed by atoms with van der Waals surface area (Å²) in [6, 6.07) is 6.63. The highest BCUT2D eigenvalue weighted by Gasteiger charge is 2.14. The van der Waals surface area contributed by atoms with Crippen LogP contribution in [-0.2, 0) is 12.4 Å². The third kappa shape index (κ3) is 2.54. The van der Waals surface area contributed by atoms with Crippen LogP contribution in [-0.4, -0.2) is 26.9 Å². The molecule has 0 aliphatic heterocycles. The Kier molecular flexibility index (Phi) is 3.70. The largest absolute Gasteiger partial charge is 0.494 e. The van der Waals surface area contributed by atoms with Gasteiger partial charge < -0.3 is 9.30 Å². The Hall–Kier alpha value is -2.21. The van der Waals surface area contributed by atoms with E-state index in [2.05, 4.69) is 15.2 Å². The fourth-order valence-corrected chi connectivity index (χ4v) is 2.40. The van der Waals surface area contributed by atoms with Gasteiger partial charge in [0.2, 0.25) is 0 Å². The molecule has 21 heavy (non-hydrogen) atoms. The van der Waals surface area contributed by atoms with Gasteiger partial charge in [-0.25, -0.2) is 9.37 Å². The monoisotopic (exact) mass is 306 g/mol. The number of methoxy groups -OCH3 is 1.